The Morgan fingerprint density at radius 3 is 2.93 bits per heavy atom. The normalized spacial score (nSPS) is 18.1. The van der Waals surface area contributed by atoms with E-state index in [0.717, 1.165) is 49.4 Å². The molecule has 0 radical (unpaired) electrons. The molecule has 2 aliphatic rings. The molecule has 1 aromatic carbocycles. The lowest BCUT2D eigenvalue weighted by atomic mass is 10.1. The second kappa shape index (κ2) is 8.23. The van der Waals surface area contributed by atoms with E-state index in [1.165, 1.54) is 16.3 Å². The van der Waals surface area contributed by atoms with Gasteiger partial charge < -0.3 is 19.9 Å². The van der Waals surface area contributed by atoms with Gasteiger partial charge >= 0.3 is 0 Å². The van der Waals surface area contributed by atoms with Crippen LogP contribution in [0.4, 0.5) is 11.4 Å². The van der Waals surface area contributed by atoms with E-state index >= 15 is 0 Å². The van der Waals surface area contributed by atoms with Gasteiger partial charge in [0.05, 0.1) is 23.7 Å². The standard InChI is InChI=1S/C23H29N3O2.2H2/c1-3-17-15-22(27)25-19-10-7-9-18(23(19)24-17)21-14-16-8-5-6-11-20(16)26(21)12-13-28-4-2;;/h7-11,14,17,24H,3-6,12-13,15H2,1-2H3,(H,25,27);2*1H/t17-;;/m1../s1. The molecule has 28 heavy (non-hydrogen) atoms. The van der Waals surface area contributed by atoms with Crippen molar-refractivity contribution in [3.8, 4) is 11.3 Å². The molecule has 1 aliphatic heterocycles. The summed E-state index contributed by atoms with van der Waals surface area (Å²) in [6, 6.07) is 8.57. The summed E-state index contributed by atoms with van der Waals surface area (Å²) in [6.45, 7) is 6.37. The highest BCUT2D eigenvalue weighted by molar-refractivity contribution is 6.00. The Bertz CT molecular complexity index is 1000. The zero-order valence-corrected chi connectivity index (χ0v) is 16.8. The predicted octanol–water partition coefficient (Wildman–Crippen LogP) is 3.57. The van der Waals surface area contributed by atoms with Crippen LogP contribution in [-0.2, 0) is 16.1 Å². The smallest absolute Gasteiger partial charge is 0.226 e. The quantitative estimate of drug-likeness (QED) is 0.750. The molecule has 5 heteroatoms. The molecular weight excluding hydrogens is 350 g/mol. The first-order chi connectivity index (χ1) is 13.7. The van der Waals surface area contributed by atoms with Crippen LogP contribution in [0.2, 0.25) is 0 Å². The highest BCUT2D eigenvalue weighted by Gasteiger charge is 2.23. The Morgan fingerprint density at radius 1 is 1.25 bits per heavy atom. The zero-order valence-electron chi connectivity index (χ0n) is 16.8. The number of rotatable bonds is 6. The van der Waals surface area contributed by atoms with Crippen molar-refractivity contribution < 1.29 is 12.4 Å². The number of amides is 1. The average molecular weight is 384 g/mol. The summed E-state index contributed by atoms with van der Waals surface area (Å²) < 4.78 is 8.02. The number of aromatic nitrogens is 1. The van der Waals surface area contributed by atoms with Crippen molar-refractivity contribution in [1.29, 1.82) is 0 Å². The molecular formula is C23H33N3O2. The van der Waals surface area contributed by atoms with E-state index in [9.17, 15) is 4.79 Å². The molecule has 2 heterocycles. The number of ether oxygens (including phenoxy) is 1. The maximum absolute atomic E-state index is 12.3. The SMILES string of the molecule is CCOCCn1c(-c2cccc3c2N[C@H](CC)CC(=O)N3)cc2c1=CCCC=2.[HH].[HH]. The van der Waals surface area contributed by atoms with E-state index in [-0.39, 0.29) is 14.8 Å². The maximum Gasteiger partial charge on any atom is 0.226 e. The lowest BCUT2D eigenvalue weighted by Gasteiger charge is -2.19. The van der Waals surface area contributed by atoms with Crippen molar-refractivity contribution in [1.82, 2.24) is 4.57 Å². The van der Waals surface area contributed by atoms with Gasteiger partial charge in [-0.25, -0.2) is 0 Å². The molecule has 0 bridgehead atoms. The summed E-state index contributed by atoms with van der Waals surface area (Å²) >= 11 is 0. The molecule has 0 unspecified atom stereocenters. The summed E-state index contributed by atoms with van der Waals surface area (Å²) in [5.74, 6) is 0.0722. The Labute approximate surface area is 169 Å². The van der Waals surface area contributed by atoms with Crippen molar-refractivity contribution in [3.63, 3.8) is 0 Å². The molecule has 4 rings (SSSR count). The van der Waals surface area contributed by atoms with Crippen molar-refractivity contribution in [2.24, 2.45) is 0 Å². The first kappa shape index (κ1) is 18.8. The van der Waals surface area contributed by atoms with Crippen molar-refractivity contribution >= 4 is 29.4 Å². The first-order valence-corrected chi connectivity index (χ1v) is 10.4. The third kappa shape index (κ3) is 3.59. The van der Waals surface area contributed by atoms with Crippen LogP contribution in [0.25, 0.3) is 23.4 Å². The Kier molecular flexibility index (Phi) is 5.53. The van der Waals surface area contributed by atoms with E-state index < -0.39 is 0 Å². The zero-order chi connectivity index (χ0) is 19.5. The minimum atomic E-state index is 0. The molecule has 0 saturated carbocycles. The minimum Gasteiger partial charge on any atom is -0.380 e. The Hall–Kier alpha value is -2.53. The molecule has 1 aromatic heterocycles. The van der Waals surface area contributed by atoms with Gasteiger partial charge in [-0.3, -0.25) is 4.79 Å². The van der Waals surface area contributed by atoms with Gasteiger partial charge in [-0.2, -0.15) is 0 Å². The van der Waals surface area contributed by atoms with Crippen LogP contribution < -0.4 is 21.2 Å². The summed E-state index contributed by atoms with van der Waals surface area (Å²) in [5.41, 5.74) is 4.19. The molecule has 0 fully saturated rings. The molecule has 1 amide bonds. The minimum absolute atomic E-state index is 0. The predicted molar refractivity (Wildman–Crippen MR) is 119 cm³/mol. The van der Waals surface area contributed by atoms with Gasteiger partial charge in [0.25, 0.3) is 0 Å². The van der Waals surface area contributed by atoms with Gasteiger partial charge in [-0.15, -0.1) is 0 Å². The fraction of sp³-hybridized carbons (Fsp3) is 0.435. The van der Waals surface area contributed by atoms with E-state index in [2.05, 4.69) is 46.4 Å². The van der Waals surface area contributed by atoms with Crippen molar-refractivity contribution in [2.75, 3.05) is 23.8 Å². The highest BCUT2D eigenvalue weighted by atomic mass is 16.5. The average Bonchev–Trinajstić information content (AvgIpc) is 2.97. The lowest BCUT2D eigenvalue weighted by Crippen LogP contribution is -2.31. The van der Waals surface area contributed by atoms with Crippen molar-refractivity contribution in [3.05, 3.63) is 34.8 Å². The number of nitrogens with one attached hydrogen (secondary N) is 2. The van der Waals surface area contributed by atoms with Gasteiger partial charge in [0.15, 0.2) is 0 Å². The van der Waals surface area contributed by atoms with Gasteiger partial charge in [-0.1, -0.05) is 31.2 Å². The largest absolute Gasteiger partial charge is 0.380 e. The monoisotopic (exact) mass is 383 g/mol. The van der Waals surface area contributed by atoms with E-state index in [0.29, 0.717) is 13.0 Å². The topological polar surface area (TPSA) is 55.3 Å². The Balaban J connectivity index is 0.00000160. The molecule has 2 N–H and O–H groups in total. The molecule has 152 valence electrons. The van der Waals surface area contributed by atoms with Gasteiger partial charge in [0, 0.05) is 39.4 Å². The van der Waals surface area contributed by atoms with Crippen LogP contribution in [0.3, 0.4) is 0 Å². The number of nitrogens with zero attached hydrogens (tertiary/aromatic N) is 1. The first-order valence-electron chi connectivity index (χ1n) is 10.4. The summed E-state index contributed by atoms with van der Waals surface area (Å²) in [4.78, 5) is 12.3. The number of carbonyl (C=O) groups excluding carboxylic acids is 1. The number of carbonyl (C=O) groups is 1. The molecule has 5 nitrogen and oxygen atoms in total. The van der Waals surface area contributed by atoms with Gasteiger partial charge in [0.2, 0.25) is 5.91 Å². The molecule has 1 aliphatic carbocycles. The number of hydrogen-bond donors (Lipinski definition) is 2. The van der Waals surface area contributed by atoms with E-state index in [1.54, 1.807) is 0 Å². The van der Waals surface area contributed by atoms with E-state index in [4.69, 9.17) is 4.74 Å². The fourth-order valence-corrected chi connectivity index (χ4v) is 4.15. The number of benzene rings is 1. The van der Waals surface area contributed by atoms with Crippen LogP contribution in [0.15, 0.2) is 24.3 Å². The van der Waals surface area contributed by atoms with Crippen LogP contribution in [-0.4, -0.2) is 29.7 Å². The van der Waals surface area contributed by atoms with Crippen molar-refractivity contribution in [2.45, 2.75) is 52.1 Å². The number of hydrogen-bond acceptors (Lipinski definition) is 3. The van der Waals surface area contributed by atoms with E-state index in [1.807, 2.05) is 19.1 Å². The molecule has 0 spiro atoms. The maximum atomic E-state index is 12.3. The van der Waals surface area contributed by atoms with Crippen LogP contribution >= 0.6 is 0 Å². The lowest BCUT2D eigenvalue weighted by molar-refractivity contribution is -0.116. The highest BCUT2D eigenvalue weighted by Crippen LogP contribution is 2.36. The second-order valence-electron chi connectivity index (χ2n) is 7.43. The summed E-state index contributed by atoms with van der Waals surface area (Å²) in [6.07, 6.45) is 8.21. The third-order valence-electron chi connectivity index (χ3n) is 5.59. The fourth-order valence-electron chi connectivity index (χ4n) is 4.15. The molecule has 2 aromatic rings. The number of fused-ring (bicyclic) bond motifs is 2. The van der Waals surface area contributed by atoms with Crippen LogP contribution in [0.5, 0.6) is 0 Å². The van der Waals surface area contributed by atoms with Crippen LogP contribution in [0.1, 0.15) is 42.4 Å². The summed E-state index contributed by atoms with van der Waals surface area (Å²) in [7, 11) is 0. The van der Waals surface area contributed by atoms with Crippen LogP contribution in [0, 0.1) is 0 Å². The Morgan fingerprint density at radius 2 is 2.11 bits per heavy atom. The number of para-hydroxylation sites is 1. The third-order valence-corrected chi connectivity index (χ3v) is 5.59. The second-order valence-corrected chi connectivity index (χ2v) is 7.43. The summed E-state index contributed by atoms with van der Waals surface area (Å²) in [5, 5.41) is 9.29. The molecule has 1 atom stereocenters. The van der Waals surface area contributed by atoms with Gasteiger partial charge in [-0.05, 0) is 43.5 Å². The molecule has 0 saturated heterocycles. The van der Waals surface area contributed by atoms with Gasteiger partial charge in [0.1, 0.15) is 0 Å². The number of anilines is 2.